The fourth-order valence-electron chi connectivity index (χ4n) is 3.42. The van der Waals surface area contributed by atoms with Crippen molar-refractivity contribution in [2.24, 2.45) is 11.7 Å². The molecule has 27 heavy (non-hydrogen) atoms. The molecule has 1 aromatic carbocycles. The van der Waals surface area contributed by atoms with Gasteiger partial charge in [-0.15, -0.1) is 11.3 Å². The highest BCUT2D eigenvalue weighted by molar-refractivity contribution is 7.17. The molecule has 3 N–H and O–H groups in total. The summed E-state index contributed by atoms with van der Waals surface area (Å²) >= 11 is 1.50. The number of hydrogen-bond donors (Lipinski definition) is 2. The molecule has 0 spiro atoms. The van der Waals surface area contributed by atoms with Gasteiger partial charge in [-0.1, -0.05) is 25.1 Å². The first-order valence-corrected chi connectivity index (χ1v) is 10.2. The number of nitrogens with one attached hydrogen (secondary N) is 1. The quantitative estimate of drug-likeness (QED) is 0.704. The second-order valence-electron chi connectivity index (χ2n) is 7.19. The molecule has 2 amide bonds. The lowest BCUT2D eigenvalue weighted by Gasteiger charge is -2.18. The van der Waals surface area contributed by atoms with E-state index in [-0.39, 0.29) is 5.91 Å². The number of rotatable bonds is 7. The minimum atomic E-state index is -0.458. The van der Waals surface area contributed by atoms with Crippen molar-refractivity contribution in [3.63, 3.8) is 0 Å². The van der Waals surface area contributed by atoms with E-state index < -0.39 is 5.91 Å². The number of carbonyl (C=O) groups excluding carboxylic acids is 2. The number of hydrogen-bond acceptors (Lipinski definition) is 4. The Kier molecular flexibility index (Phi) is 6.16. The number of anilines is 1. The van der Waals surface area contributed by atoms with Crippen molar-refractivity contribution in [2.45, 2.75) is 46.0 Å². The zero-order chi connectivity index (χ0) is 19.4. The van der Waals surface area contributed by atoms with Crippen LogP contribution in [0.25, 0.3) is 0 Å². The molecule has 0 aliphatic heterocycles. The number of para-hydroxylation sites is 1. The van der Waals surface area contributed by atoms with Gasteiger partial charge >= 0.3 is 0 Å². The molecule has 6 heteroatoms. The smallest absolute Gasteiger partial charge is 0.251 e. The highest BCUT2D eigenvalue weighted by atomic mass is 32.1. The van der Waals surface area contributed by atoms with E-state index in [0.717, 1.165) is 36.1 Å². The van der Waals surface area contributed by atoms with Gasteiger partial charge in [-0.3, -0.25) is 9.59 Å². The SMILES string of the molecule is Cc1ccccc1OCCCC(=O)Nc1sc2c(c1C(N)=O)CC[C@@H](C)C2. The molecule has 0 radical (unpaired) electrons. The van der Waals surface area contributed by atoms with E-state index in [0.29, 0.717) is 35.9 Å². The van der Waals surface area contributed by atoms with E-state index in [1.54, 1.807) is 0 Å². The summed E-state index contributed by atoms with van der Waals surface area (Å²) < 4.78 is 5.73. The molecule has 1 atom stereocenters. The average Bonchev–Trinajstić information content (AvgIpc) is 2.97. The highest BCUT2D eigenvalue weighted by Crippen LogP contribution is 2.39. The van der Waals surface area contributed by atoms with Crippen LogP contribution in [0.5, 0.6) is 5.75 Å². The van der Waals surface area contributed by atoms with Crippen LogP contribution in [-0.2, 0) is 17.6 Å². The summed E-state index contributed by atoms with van der Waals surface area (Å²) in [5.41, 5.74) is 8.20. The number of aryl methyl sites for hydroxylation is 1. The van der Waals surface area contributed by atoms with Gasteiger partial charge in [-0.05, 0) is 55.7 Å². The second kappa shape index (κ2) is 8.57. The molecule has 1 aromatic heterocycles. The van der Waals surface area contributed by atoms with E-state index in [1.807, 2.05) is 31.2 Å². The third-order valence-electron chi connectivity index (χ3n) is 4.91. The first-order chi connectivity index (χ1) is 13.0. The molecule has 3 rings (SSSR count). The Bertz CT molecular complexity index is 844. The van der Waals surface area contributed by atoms with E-state index in [1.165, 1.54) is 16.2 Å². The molecular weight excluding hydrogens is 360 g/mol. The predicted octanol–water partition coefficient (Wildman–Crippen LogP) is 4.08. The predicted molar refractivity (Wildman–Crippen MR) is 109 cm³/mol. The molecule has 144 valence electrons. The molecule has 0 fully saturated rings. The van der Waals surface area contributed by atoms with Crippen molar-refractivity contribution in [1.82, 2.24) is 0 Å². The Morgan fingerprint density at radius 3 is 2.85 bits per heavy atom. The largest absolute Gasteiger partial charge is 0.493 e. The fourth-order valence-corrected chi connectivity index (χ4v) is 4.85. The van der Waals surface area contributed by atoms with Gasteiger partial charge in [0.1, 0.15) is 10.8 Å². The molecule has 5 nitrogen and oxygen atoms in total. The molecule has 2 aromatic rings. The zero-order valence-corrected chi connectivity index (χ0v) is 16.7. The van der Waals surface area contributed by atoms with Gasteiger partial charge in [0.2, 0.25) is 5.91 Å². The van der Waals surface area contributed by atoms with Gasteiger partial charge < -0.3 is 15.8 Å². The monoisotopic (exact) mass is 386 g/mol. The molecule has 0 bridgehead atoms. The lowest BCUT2D eigenvalue weighted by molar-refractivity contribution is -0.116. The maximum absolute atomic E-state index is 12.3. The van der Waals surface area contributed by atoms with Gasteiger partial charge in [0.15, 0.2) is 0 Å². The van der Waals surface area contributed by atoms with Crippen molar-refractivity contribution < 1.29 is 14.3 Å². The van der Waals surface area contributed by atoms with Crippen molar-refractivity contribution in [2.75, 3.05) is 11.9 Å². The van der Waals surface area contributed by atoms with E-state index >= 15 is 0 Å². The van der Waals surface area contributed by atoms with Crippen molar-refractivity contribution in [3.05, 3.63) is 45.8 Å². The van der Waals surface area contributed by atoms with Gasteiger partial charge in [0.05, 0.1) is 12.2 Å². The van der Waals surface area contributed by atoms with Crippen LogP contribution in [0.1, 0.15) is 52.5 Å². The van der Waals surface area contributed by atoms with Crippen molar-refractivity contribution >= 4 is 28.2 Å². The van der Waals surface area contributed by atoms with Crippen LogP contribution in [0.15, 0.2) is 24.3 Å². The summed E-state index contributed by atoms with van der Waals surface area (Å²) in [6.07, 6.45) is 3.79. The number of nitrogens with two attached hydrogens (primary N) is 1. The summed E-state index contributed by atoms with van der Waals surface area (Å²) in [6.45, 7) is 4.67. The molecule has 1 heterocycles. The minimum absolute atomic E-state index is 0.113. The summed E-state index contributed by atoms with van der Waals surface area (Å²) in [5.74, 6) is 0.866. The number of benzene rings is 1. The second-order valence-corrected chi connectivity index (χ2v) is 8.29. The lowest BCUT2D eigenvalue weighted by Crippen LogP contribution is -2.19. The third kappa shape index (κ3) is 4.69. The first kappa shape index (κ1) is 19.4. The summed E-state index contributed by atoms with van der Waals surface area (Å²) in [5, 5.41) is 3.50. The van der Waals surface area contributed by atoms with Crippen LogP contribution in [-0.4, -0.2) is 18.4 Å². The van der Waals surface area contributed by atoms with Crippen LogP contribution in [0.2, 0.25) is 0 Å². The molecule has 1 aliphatic rings. The maximum atomic E-state index is 12.3. The summed E-state index contributed by atoms with van der Waals surface area (Å²) in [7, 11) is 0. The summed E-state index contributed by atoms with van der Waals surface area (Å²) in [6, 6.07) is 7.81. The molecule has 0 saturated heterocycles. The van der Waals surface area contributed by atoms with Crippen LogP contribution in [0, 0.1) is 12.8 Å². The molecule has 0 saturated carbocycles. The highest BCUT2D eigenvalue weighted by Gasteiger charge is 2.27. The standard InChI is InChI=1S/C21H26N2O3S/c1-13-9-10-15-17(12-13)27-21(19(15)20(22)25)23-18(24)8-5-11-26-16-7-4-3-6-14(16)2/h3-4,6-7,13H,5,8-12H2,1-2H3,(H2,22,25)(H,23,24)/t13-/m1/s1. The van der Waals surface area contributed by atoms with Gasteiger partial charge in [-0.25, -0.2) is 0 Å². The fraction of sp³-hybridized carbons (Fsp3) is 0.429. The summed E-state index contributed by atoms with van der Waals surface area (Å²) in [4.78, 5) is 25.4. The number of thiophene rings is 1. The third-order valence-corrected chi connectivity index (χ3v) is 6.08. The Labute approximate surface area is 163 Å². The van der Waals surface area contributed by atoms with E-state index in [9.17, 15) is 9.59 Å². The molecule has 0 unspecified atom stereocenters. The van der Waals surface area contributed by atoms with Gasteiger partial charge in [0.25, 0.3) is 5.91 Å². The Hall–Kier alpha value is -2.34. The minimum Gasteiger partial charge on any atom is -0.493 e. The Balaban J connectivity index is 1.56. The Morgan fingerprint density at radius 1 is 1.33 bits per heavy atom. The molecule has 1 aliphatic carbocycles. The Morgan fingerprint density at radius 2 is 2.11 bits per heavy atom. The van der Waals surface area contributed by atoms with Gasteiger partial charge in [0, 0.05) is 11.3 Å². The number of fused-ring (bicyclic) bond motifs is 1. The number of carbonyl (C=O) groups is 2. The topological polar surface area (TPSA) is 81.4 Å². The maximum Gasteiger partial charge on any atom is 0.251 e. The van der Waals surface area contributed by atoms with E-state index in [4.69, 9.17) is 10.5 Å². The van der Waals surface area contributed by atoms with E-state index in [2.05, 4.69) is 12.2 Å². The van der Waals surface area contributed by atoms with Crippen molar-refractivity contribution in [3.8, 4) is 5.75 Å². The average molecular weight is 387 g/mol. The van der Waals surface area contributed by atoms with Crippen LogP contribution >= 0.6 is 11.3 Å². The number of ether oxygens (including phenoxy) is 1. The van der Waals surface area contributed by atoms with Crippen molar-refractivity contribution in [1.29, 1.82) is 0 Å². The number of primary amides is 1. The zero-order valence-electron chi connectivity index (χ0n) is 15.8. The first-order valence-electron chi connectivity index (χ1n) is 9.38. The van der Waals surface area contributed by atoms with Crippen LogP contribution < -0.4 is 15.8 Å². The normalized spacial score (nSPS) is 15.9. The molecular formula is C21H26N2O3S. The number of amides is 2. The van der Waals surface area contributed by atoms with Crippen LogP contribution in [0.4, 0.5) is 5.00 Å². The van der Waals surface area contributed by atoms with Gasteiger partial charge in [-0.2, -0.15) is 0 Å². The lowest BCUT2D eigenvalue weighted by atomic mass is 9.88. The van der Waals surface area contributed by atoms with Crippen LogP contribution in [0.3, 0.4) is 0 Å².